The van der Waals surface area contributed by atoms with E-state index in [4.69, 9.17) is 4.74 Å². The van der Waals surface area contributed by atoms with Crippen LogP contribution in [-0.2, 0) is 12.0 Å². The third-order valence-electron chi connectivity index (χ3n) is 3.87. The number of hydrogen-bond donors (Lipinski definition) is 1. The van der Waals surface area contributed by atoms with Gasteiger partial charge in [-0.3, -0.25) is 0 Å². The van der Waals surface area contributed by atoms with Gasteiger partial charge in [0.2, 0.25) is 0 Å². The number of benzene rings is 1. The van der Waals surface area contributed by atoms with Gasteiger partial charge in [-0.1, -0.05) is 13.0 Å². The monoisotopic (exact) mass is 269 g/mol. The molecule has 0 aromatic heterocycles. The second-order valence-electron chi connectivity index (χ2n) is 5.08. The Balaban J connectivity index is 2.42. The summed E-state index contributed by atoms with van der Waals surface area (Å²) in [6.07, 6.45) is 0.562. The lowest BCUT2D eigenvalue weighted by atomic mass is 9.76. The molecule has 2 nitrogen and oxygen atoms in total. The molecule has 19 heavy (non-hydrogen) atoms. The average Bonchev–Trinajstić information content (AvgIpc) is 2.44. The van der Waals surface area contributed by atoms with E-state index >= 15 is 0 Å². The second kappa shape index (κ2) is 5.87. The molecule has 2 rings (SSSR count). The molecule has 1 aliphatic carbocycles. The SMILES string of the molecule is CCCNC1(C(F)F)CCCc2cc(OC)ccc21. The summed E-state index contributed by atoms with van der Waals surface area (Å²) < 4.78 is 32.5. The van der Waals surface area contributed by atoms with Crippen LogP contribution in [0.15, 0.2) is 18.2 Å². The maximum absolute atomic E-state index is 13.7. The van der Waals surface area contributed by atoms with E-state index in [1.165, 1.54) is 0 Å². The summed E-state index contributed by atoms with van der Waals surface area (Å²) in [5, 5.41) is 3.09. The van der Waals surface area contributed by atoms with E-state index in [1.54, 1.807) is 19.2 Å². The lowest BCUT2D eigenvalue weighted by molar-refractivity contribution is 0.0161. The highest BCUT2D eigenvalue weighted by Crippen LogP contribution is 2.41. The van der Waals surface area contributed by atoms with Crippen LogP contribution in [0.5, 0.6) is 5.75 Å². The normalized spacial score (nSPS) is 22.4. The highest BCUT2D eigenvalue weighted by Gasteiger charge is 2.44. The molecular weight excluding hydrogens is 248 g/mol. The molecule has 0 saturated heterocycles. The van der Waals surface area contributed by atoms with Crippen molar-refractivity contribution in [1.82, 2.24) is 5.32 Å². The highest BCUT2D eigenvalue weighted by molar-refractivity contribution is 5.42. The van der Waals surface area contributed by atoms with E-state index in [0.717, 1.165) is 36.1 Å². The number of fused-ring (bicyclic) bond motifs is 1. The van der Waals surface area contributed by atoms with Crippen molar-refractivity contribution in [3.8, 4) is 5.75 Å². The number of alkyl halides is 2. The standard InChI is InChI=1S/C15H21F2NO/c1-3-9-18-15(14(16)17)8-4-5-11-10-12(19-2)6-7-13(11)15/h6-7,10,14,18H,3-5,8-9H2,1-2H3. The average molecular weight is 269 g/mol. The summed E-state index contributed by atoms with van der Waals surface area (Å²) in [6, 6.07) is 5.45. The summed E-state index contributed by atoms with van der Waals surface area (Å²) in [5.41, 5.74) is 0.535. The number of halogens is 2. The maximum Gasteiger partial charge on any atom is 0.260 e. The molecule has 0 fully saturated rings. The molecular formula is C15H21F2NO. The van der Waals surface area contributed by atoms with Crippen LogP contribution in [-0.4, -0.2) is 20.1 Å². The van der Waals surface area contributed by atoms with Crippen molar-refractivity contribution in [1.29, 1.82) is 0 Å². The van der Waals surface area contributed by atoms with Crippen molar-refractivity contribution < 1.29 is 13.5 Å². The van der Waals surface area contributed by atoms with Gasteiger partial charge >= 0.3 is 0 Å². The first kappa shape index (κ1) is 14.3. The summed E-state index contributed by atoms with van der Waals surface area (Å²) in [4.78, 5) is 0. The first-order valence-corrected chi connectivity index (χ1v) is 6.84. The fraction of sp³-hybridized carbons (Fsp3) is 0.600. The van der Waals surface area contributed by atoms with Gasteiger partial charge in [0.15, 0.2) is 0 Å². The van der Waals surface area contributed by atoms with Gasteiger partial charge in [0.1, 0.15) is 11.3 Å². The summed E-state index contributed by atoms with van der Waals surface area (Å²) in [5.74, 6) is 0.735. The fourth-order valence-electron chi connectivity index (χ4n) is 2.87. The first-order valence-electron chi connectivity index (χ1n) is 6.84. The van der Waals surface area contributed by atoms with Crippen molar-refractivity contribution in [2.24, 2.45) is 0 Å². The highest BCUT2D eigenvalue weighted by atomic mass is 19.3. The Morgan fingerprint density at radius 1 is 1.42 bits per heavy atom. The Hall–Kier alpha value is -1.16. The third kappa shape index (κ3) is 2.59. The smallest absolute Gasteiger partial charge is 0.260 e. The van der Waals surface area contributed by atoms with Crippen LogP contribution >= 0.6 is 0 Å². The second-order valence-corrected chi connectivity index (χ2v) is 5.08. The van der Waals surface area contributed by atoms with Gasteiger partial charge in [0.05, 0.1) is 7.11 Å². The topological polar surface area (TPSA) is 21.3 Å². The molecule has 1 aromatic carbocycles. The van der Waals surface area contributed by atoms with E-state index in [0.29, 0.717) is 13.0 Å². The van der Waals surface area contributed by atoms with E-state index < -0.39 is 12.0 Å². The number of rotatable bonds is 5. The fourth-order valence-corrected chi connectivity index (χ4v) is 2.87. The quantitative estimate of drug-likeness (QED) is 0.883. The van der Waals surface area contributed by atoms with Gasteiger partial charge in [-0.25, -0.2) is 8.78 Å². The molecule has 0 amide bonds. The molecule has 0 heterocycles. The van der Waals surface area contributed by atoms with Crippen molar-refractivity contribution in [3.05, 3.63) is 29.3 Å². The Morgan fingerprint density at radius 3 is 2.84 bits per heavy atom. The lowest BCUT2D eigenvalue weighted by Crippen LogP contribution is -2.50. The third-order valence-corrected chi connectivity index (χ3v) is 3.87. The van der Waals surface area contributed by atoms with Gasteiger partial charge in [0, 0.05) is 0 Å². The molecule has 1 N–H and O–H groups in total. The predicted molar refractivity (Wildman–Crippen MR) is 71.9 cm³/mol. The van der Waals surface area contributed by atoms with E-state index in [2.05, 4.69) is 5.32 Å². The lowest BCUT2D eigenvalue weighted by Gasteiger charge is -2.39. The number of ether oxygens (including phenoxy) is 1. The largest absolute Gasteiger partial charge is 0.497 e. The number of methoxy groups -OCH3 is 1. The van der Waals surface area contributed by atoms with Crippen LogP contribution < -0.4 is 10.1 Å². The number of aryl methyl sites for hydroxylation is 1. The minimum absolute atomic E-state index is 0.490. The van der Waals surface area contributed by atoms with Crippen molar-refractivity contribution in [2.75, 3.05) is 13.7 Å². The van der Waals surface area contributed by atoms with Gasteiger partial charge in [0.25, 0.3) is 6.43 Å². The summed E-state index contributed by atoms with van der Waals surface area (Å²) >= 11 is 0. The molecule has 4 heteroatoms. The zero-order chi connectivity index (χ0) is 13.9. The molecule has 0 bridgehead atoms. The van der Waals surface area contributed by atoms with Crippen LogP contribution in [0.3, 0.4) is 0 Å². The van der Waals surface area contributed by atoms with Crippen LogP contribution in [0.4, 0.5) is 8.78 Å². The Kier molecular flexibility index (Phi) is 4.40. The van der Waals surface area contributed by atoms with Crippen molar-refractivity contribution in [2.45, 2.75) is 44.6 Å². The molecule has 0 spiro atoms. The zero-order valence-electron chi connectivity index (χ0n) is 11.5. The minimum atomic E-state index is -2.40. The molecule has 1 unspecified atom stereocenters. The summed E-state index contributed by atoms with van der Waals surface area (Å²) in [7, 11) is 1.60. The maximum atomic E-state index is 13.7. The zero-order valence-corrected chi connectivity index (χ0v) is 11.5. The molecule has 1 aliphatic rings. The van der Waals surface area contributed by atoms with E-state index in [-0.39, 0.29) is 0 Å². The van der Waals surface area contributed by atoms with Crippen LogP contribution in [0.1, 0.15) is 37.3 Å². The predicted octanol–water partition coefficient (Wildman–Crippen LogP) is 3.49. The van der Waals surface area contributed by atoms with Gasteiger partial charge < -0.3 is 10.1 Å². The van der Waals surface area contributed by atoms with E-state index in [1.807, 2.05) is 13.0 Å². The van der Waals surface area contributed by atoms with Crippen molar-refractivity contribution >= 4 is 0 Å². The van der Waals surface area contributed by atoms with Crippen LogP contribution in [0, 0.1) is 0 Å². The molecule has 0 radical (unpaired) electrons. The van der Waals surface area contributed by atoms with Crippen LogP contribution in [0.2, 0.25) is 0 Å². The molecule has 106 valence electrons. The van der Waals surface area contributed by atoms with Gasteiger partial charge in [-0.05, 0) is 55.5 Å². The number of hydrogen-bond acceptors (Lipinski definition) is 2. The van der Waals surface area contributed by atoms with Crippen LogP contribution in [0.25, 0.3) is 0 Å². The molecule has 0 aliphatic heterocycles. The Bertz CT molecular complexity index is 436. The minimum Gasteiger partial charge on any atom is -0.497 e. The first-order chi connectivity index (χ1) is 9.14. The van der Waals surface area contributed by atoms with E-state index in [9.17, 15) is 8.78 Å². The van der Waals surface area contributed by atoms with Gasteiger partial charge in [-0.15, -0.1) is 0 Å². The van der Waals surface area contributed by atoms with Gasteiger partial charge in [-0.2, -0.15) is 0 Å². The Morgan fingerprint density at radius 2 is 2.21 bits per heavy atom. The van der Waals surface area contributed by atoms with Crippen molar-refractivity contribution in [3.63, 3.8) is 0 Å². The molecule has 0 saturated carbocycles. The summed E-state index contributed by atoms with van der Waals surface area (Å²) in [6.45, 7) is 2.60. The number of nitrogens with one attached hydrogen (secondary N) is 1. The molecule has 1 atom stereocenters. The Labute approximate surface area is 113 Å². The molecule has 1 aromatic rings.